The number of likely N-dealkylation sites (tertiary alicyclic amines) is 1. The van der Waals surface area contributed by atoms with Crippen molar-refractivity contribution in [3.8, 4) is 5.75 Å². The Labute approximate surface area is 163 Å². The molecule has 6 nitrogen and oxygen atoms in total. The molecule has 0 radical (unpaired) electrons. The van der Waals surface area contributed by atoms with E-state index < -0.39 is 0 Å². The molecule has 7 heteroatoms. The van der Waals surface area contributed by atoms with Crippen LogP contribution in [0, 0.1) is 6.92 Å². The molecule has 1 saturated heterocycles. The lowest BCUT2D eigenvalue weighted by Gasteiger charge is -2.24. The summed E-state index contributed by atoms with van der Waals surface area (Å²) in [5, 5.41) is 17.3. The highest BCUT2D eigenvalue weighted by atomic mass is 32.1. The number of amides is 1. The summed E-state index contributed by atoms with van der Waals surface area (Å²) in [5.41, 5.74) is 5.92. The van der Waals surface area contributed by atoms with Gasteiger partial charge in [0.05, 0.1) is 35.9 Å². The summed E-state index contributed by atoms with van der Waals surface area (Å²) >= 11 is 1.53. The van der Waals surface area contributed by atoms with Gasteiger partial charge < -0.3 is 10.0 Å². The van der Waals surface area contributed by atoms with Crippen molar-refractivity contribution in [3.63, 3.8) is 0 Å². The van der Waals surface area contributed by atoms with Crippen molar-refractivity contribution in [2.45, 2.75) is 46.1 Å². The van der Waals surface area contributed by atoms with Gasteiger partial charge in [0.1, 0.15) is 12.3 Å². The average Bonchev–Trinajstić information content (AvgIpc) is 3.07. The number of nitrogens with one attached hydrogen (secondary N) is 2. The van der Waals surface area contributed by atoms with E-state index in [4.69, 9.17) is 0 Å². The third kappa shape index (κ3) is 5.61. The maximum absolute atomic E-state index is 12.0. The number of thiazole rings is 1. The number of quaternary nitrogens is 1. The lowest BCUT2D eigenvalue weighted by molar-refractivity contribution is -0.918. The monoisotopic (exact) mass is 387 g/mol. The third-order valence-electron chi connectivity index (χ3n) is 4.85. The molecule has 3 N–H and O–H groups in total. The van der Waals surface area contributed by atoms with Crippen molar-refractivity contribution in [3.05, 3.63) is 45.4 Å². The van der Waals surface area contributed by atoms with Gasteiger partial charge in [0.25, 0.3) is 0 Å². The molecule has 1 aromatic carbocycles. The number of piperidine rings is 1. The van der Waals surface area contributed by atoms with Crippen LogP contribution in [0.25, 0.3) is 0 Å². The molecule has 2 aromatic rings. The number of phenols is 1. The van der Waals surface area contributed by atoms with Crippen molar-refractivity contribution >= 4 is 23.0 Å². The number of aryl methyl sites for hydroxylation is 1. The van der Waals surface area contributed by atoms with Gasteiger partial charge in [-0.05, 0) is 56.9 Å². The summed E-state index contributed by atoms with van der Waals surface area (Å²) in [6, 6.07) is 5.53. The molecule has 0 unspecified atom stereocenters. The first-order chi connectivity index (χ1) is 13.0. The van der Waals surface area contributed by atoms with Crippen molar-refractivity contribution in [1.29, 1.82) is 0 Å². The van der Waals surface area contributed by atoms with E-state index in [1.807, 2.05) is 31.4 Å². The minimum Gasteiger partial charge on any atom is -0.507 e. The van der Waals surface area contributed by atoms with Gasteiger partial charge in [-0.25, -0.2) is 10.4 Å². The van der Waals surface area contributed by atoms with Crippen LogP contribution in [0.5, 0.6) is 5.75 Å². The third-order valence-corrected chi connectivity index (χ3v) is 5.68. The molecule has 144 valence electrons. The highest BCUT2D eigenvalue weighted by molar-refractivity contribution is 7.09. The molecule has 0 aliphatic carbocycles. The first kappa shape index (κ1) is 19.5. The summed E-state index contributed by atoms with van der Waals surface area (Å²) < 4.78 is 0. The number of carbonyl (C=O) groups is 1. The van der Waals surface area contributed by atoms with Crippen molar-refractivity contribution in [1.82, 2.24) is 10.4 Å². The van der Waals surface area contributed by atoms with E-state index in [2.05, 4.69) is 15.5 Å². The van der Waals surface area contributed by atoms with Gasteiger partial charge in [-0.1, -0.05) is 0 Å². The summed E-state index contributed by atoms with van der Waals surface area (Å²) in [5.74, 6) is 0.143. The van der Waals surface area contributed by atoms with Gasteiger partial charge in [0.15, 0.2) is 0 Å². The lowest BCUT2D eigenvalue weighted by Crippen LogP contribution is -3.11. The summed E-state index contributed by atoms with van der Waals surface area (Å²) in [7, 11) is 0. The molecule has 0 atom stereocenters. The van der Waals surface area contributed by atoms with Crippen LogP contribution in [-0.4, -0.2) is 34.8 Å². The van der Waals surface area contributed by atoms with Crippen molar-refractivity contribution < 1.29 is 14.8 Å². The van der Waals surface area contributed by atoms with Crippen LogP contribution >= 0.6 is 11.3 Å². The Hall–Kier alpha value is -2.25. The zero-order valence-corrected chi connectivity index (χ0v) is 16.7. The Kier molecular flexibility index (Phi) is 6.58. The van der Waals surface area contributed by atoms with Gasteiger partial charge in [-0.3, -0.25) is 4.79 Å². The second kappa shape index (κ2) is 9.10. The average molecular weight is 388 g/mol. The molecule has 1 fully saturated rings. The second-order valence-electron chi connectivity index (χ2n) is 7.10. The number of aromatic hydroxyl groups is 1. The van der Waals surface area contributed by atoms with Gasteiger partial charge in [0, 0.05) is 10.9 Å². The topological polar surface area (TPSA) is 79.0 Å². The van der Waals surface area contributed by atoms with E-state index in [0.29, 0.717) is 11.5 Å². The number of carbonyl (C=O) groups excluding carboxylic acids is 1. The minimum absolute atomic E-state index is 0.184. The van der Waals surface area contributed by atoms with Gasteiger partial charge in [-0.15, -0.1) is 11.3 Å². The van der Waals surface area contributed by atoms with Crippen LogP contribution < -0.4 is 10.3 Å². The number of hydrazone groups is 1. The molecule has 1 aromatic heterocycles. The van der Waals surface area contributed by atoms with E-state index in [0.717, 1.165) is 41.5 Å². The molecule has 2 heterocycles. The molecule has 1 aliphatic heterocycles. The molecule has 0 saturated carbocycles. The number of rotatable bonds is 6. The number of phenolic OH excluding ortho intramolecular Hbond substituents is 1. The normalized spacial score (nSPS) is 15.7. The Bertz CT molecular complexity index is 825. The molecule has 0 bridgehead atoms. The fourth-order valence-electron chi connectivity index (χ4n) is 3.35. The van der Waals surface area contributed by atoms with E-state index >= 15 is 0 Å². The van der Waals surface area contributed by atoms with Gasteiger partial charge in [0.2, 0.25) is 5.91 Å². The molecular formula is C20H27N4O2S+. The fourth-order valence-corrected chi connectivity index (χ4v) is 3.97. The number of benzene rings is 1. The maximum Gasteiger partial charge on any atom is 0.246 e. The van der Waals surface area contributed by atoms with E-state index in [9.17, 15) is 9.90 Å². The van der Waals surface area contributed by atoms with Gasteiger partial charge >= 0.3 is 0 Å². The number of hydrogen-bond acceptors (Lipinski definition) is 5. The number of aromatic nitrogens is 1. The number of nitrogens with zero attached hydrogens (tertiary/aromatic N) is 2. The zero-order valence-electron chi connectivity index (χ0n) is 15.9. The molecule has 3 rings (SSSR count). The van der Waals surface area contributed by atoms with Crippen LogP contribution in [-0.2, 0) is 17.8 Å². The number of hydrogen-bond donors (Lipinski definition) is 3. The molecule has 1 aliphatic rings. The van der Waals surface area contributed by atoms with Crippen molar-refractivity contribution in [2.75, 3.05) is 13.1 Å². The largest absolute Gasteiger partial charge is 0.507 e. The second-order valence-corrected chi connectivity index (χ2v) is 8.16. The van der Waals surface area contributed by atoms with Crippen LogP contribution in [0.2, 0.25) is 0 Å². The van der Waals surface area contributed by atoms with E-state index in [1.165, 1.54) is 35.5 Å². The van der Waals surface area contributed by atoms with Crippen molar-refractivity contribution in [2.24, 2.45) is 5.10 Å². The summed E-state index contributed by atoms with van der Waals surface area (Å²) in [4.78, 5) is 17.8. The fraction of sp³-hybridized carbons (Fsp3) is 0.450. The van der Waals surface area contributed by atoms with Crippen LogP contribution in [0.4, 0.5) is 0 Å². The molecule has 0 spiro atoms. The molecule has 27 heavy (non-hydrogen) atoms. The Balaban J connectivity index is 1.62. The molecular weight excluding hydrogens is 360 g/mol. The highest BCUT2D eigenvalue weighted by Crippen LogP contribution is 2.18. The Morgan fingerprint density at radius 2 is 2.11 bits per heavy atom. The molecule has 1 amide bonds. The van der Waals surface area contributed by atoms with E-state index in [-0.39, 0.29) is 12.3 Å². The Morgan fingerprint density at radius 1 is 1.33 bits per heavy atom. The predicted octanol–water partition coefficient (Wildman–Crippen LogP) is 1.81. The van der Waals surface area contributed by atoms with Crippen LogP contribution in [0.1, 0.15) is 48.0 Å². The Morgan fingerprint density at radius 3 is 2.81 bits per heavy atom. The van der Waals surface area contributed by atoms with Gasteiger partial charge in [-0.2, -0.15) is 5.10 Å². The highest BCUT2D eigenvalue weighted by Gasteiger charge is 2.16. The quantitative estimate of drug-likeness (QED) is 0.522. The maximum atomic E-state index is 12.0. The van der Waals surface area contributed by atoms with Crippen LogP contribution in [0.15, 0.2) is 28.7 Å². The van der Waals surface area contributed by atoms with E-state index in [1.54, 1.807) is 6.07 Å². The summed E-state index contributed by atoms with van der Waals surface area (Å²) in [6.45, 7) is 6.91. The predicted molar refractivity (Wildman–Crippen MR) is 107 cm³/mol. The summed E-state index contributed by atoms with van der Waals surface area (Å²) in [6.07, 6.45) is 4.03. The first-order valence-corrected chi connectivity index (χ1v) is 10.3. The van der Waals surface area contributed by atoms with Crippen LogP contribution in [0.3, 0.4) is 0 Å². The lowest BCUT2D eigenvalue weighted by atomic mass is 10.0. The first-order valence-electron chi connectivity index (χ1n) is 9.41. The SMILES string of the molecule is C/C(=N\NC(=O)Cc1csc(C)n1)c1ccc(O)c(C[NH+]2CCCCC2)c1. The smallest absolute Gasteiger partial charge is 0.246 e. The minimum atomic E-state index is -0.184. The standard InChI is InChI=1S/C20H26N4O2S/c1-14(22-23-20(26)11-18-13-27-15(2)21-18)16-6-7-19(25)17(10-16)12-24-8-4-3-5-9-24/h6-7,10,13,25H,3-5,8-9,11-12H2,1-2H3,(H,23,26)/p+1/b22-14+. The zero-order chi connectivity index (χ0) is 19.2.